The minimum absolute atomic E-state index is 0.0938. The molecule has 0 aliphatic rings. The van der Waals surface area contributed by atoms with Crippen LogP contribution in [0.2, 0.25) is 5.02 Å². The van der Waals surface area contributed by atoms with Crippen molar-refractivity contribution < 1.29 is 4.79 Å². The highest BCUT2D eigenvalue weighted by molar-refractivity contribution is 6.35. The minimum atomic E-state index is 0.0938. The van der Waals surface area contributed by atoms with Gasteiger partial charge in [-0.25, -0.2) is 0 Å². The van der Waals surface area contributed by atoms with Crippen LogP contribution in [0.25, 0.3) is 0 Å². The summed E-state index contributed by atoms with van der Waals surface area (Å²) in [5, 5.41) is 2.75. The smallest absolute Gasteiger partial charge is 0.151 e. The lowest BCUT2D eigenvalue weighted by molar-refractivity contribution is 0.112. The van der Waals surface area contributed by atoms with Gasteiger partial charge in [0.25, 0.3) is 0 Å². The lowest BCUT2D eigenvalue weighted by atomic mass is 10.2. The van der Waals surface area contributed by atoms with Gasteiger partial charge in [-0.2, -0.15) is 0 Å². The second kappa shape index (κ2) is 3.25. The molecule has 11 heavy (non-hydrogen) atoms. The first kappa shape index (κ1) is 7.88. The second-order valence-corrected chi connectivity index (χ2v) is 2.27. The van der Waals surface area contributed by atoms with E-state index in [9.17, 15) is 9.70 Å². The van der Waals surface area contributed by atoms with Crippen molar-refractivity contribution in [3.63, 3.8) is 0 Å². The maximum Gasteiger partial charge on any atom is 0.151 e. The standard InChI is InChI=1S/C7H4ClNO2/c8-7-5(4-10)2-1-3-6(7)9-11/h1-4H. The Kier molecular flexibility index (Phi) is 2.33. The molecule has 0 atom stereocenters. The average Bonchev–Trinajstić information content (AvgIpc) is 2.05. The normalized spacial score (nSPS) is 9.18. The van der Waals surface area contributed by atoms with E-state index >= 15 is 0 Å². The van der Waals surface area contributed by atoms with Gasteiger partial charge in [0.2, 0.25) is 0 Å². The quantitative estimate of drug-likeness (QED) is 0.505. The Hall–Kier alpha value is -1.22. The predicted molar refractivity (Wildman–Crippen MR) is 42.3 cm³/mol. The molecule has 0 saturated carbocycles. The molecule has 0 N–H and O–H groups in total. The number of aldehydes is 1. The number of hydrogen-bond acceptors (Lipinski definition) is 3. The van der Waals surface area contributed by atoms with Crippen LogP contribution in [0.15, 0.2) is 23.4 Å². The molecule has 0 bridgehead atoms. The highest BCUT2D eigenvalue weighted by Gasteiger charge is 2.03. The van der Waals surface area contributed by atoms with Gasteiger partial charge < -0.3 is 0 Å². The number of nitrogens with zero attached hydrogens (tertiary/aromatic N) is 1. The summed E-state index contributed by atoms with van der Waals surface area (Å²) >= 11 is 5.58. The van der Waals surface area contributed by atoms with E-state index in [1.54, 1.807) is 6.07 Å². The first-order chi connectivity index (χ1) is 5.29. The maximum absolute atomic E-state index is 10.3. The van der Waals surface area contributed by atoms with E-state index in [0.717, 1.165) is 0 Å². The predicted octanol–water partition coefficient (Wildman–Crippen LogP) is 2.55. The Balaban J connectivity index is 3.30. The third-order valence-corrected chi connectivity index (χ3v) is 1.65. The van der Waals surface area contributed by atoms with Gasteiger partial charge in [0.1, 0.15) is 5.69 Å². The number of carbonyl (C=O) groups is 1. The zero-order valence-electron chi connectivity index (χ0n) is 5.45. The number of carbonyl (C=O) groups excluding carboxylic acids is 1. The topological polar surface area (TPSA) is 46.5 Å². The number of benzene rings is 1. The van der Waals surface area contributed by atoms with Crippen LogP contribution in [-0.4, -0.2) is 6.29 Å². The summed E-state index contributed by atoms with van der Waals surface area (Å²) in [6.45, 7) is 0. The van der Waals surface area contributed by atoms with Gasteiger partial charge in [-0.05, 0) is 11.2 Å². The van der Waals surface area contributed by atoms with Crippen molar-refractivity contribution in [3.05, 3.63) is 33.7 Å². The molecule has 0 heterocycles. The Labute approximate surface area is 68.0 Å². The van der Waals surface area contributed by atoms with Crippen LogP contribution in [0.4, 0.5) is 5.69 Å². The number of nitroso groups, excluding NO2 is 1. The minimum Gasteiger partial charge on any atom is -0.298 e. The number of rotatable bonds is 2. The molecule has 0 radical (unpaired) electrons. The molecular formula is C7H4ClNO2. The Morgan fingerprint density at radius 3 is 2.73 bits per heavy atom. The van der Waals surface area contributed by atoms with Gasteiger partial charge in [-0.3, -0.25) is 4.79 Å². The molecule has 0 amide bonds. The fourth-order valence-corrected chi connectivity index (χ4v) is 0.904. The zero-order valence-corrected chi connectivity index (χ0v) is 6.21. The highest BCUT2D eigenvalue weighted by atomic mass is 35.5. The average molecular weight is 170 g/mol. The van der Waals surface area contributed by atoms with Crippen molar-refractivity contribution in [2.75, 3.05) is 0 Å². The van der Waals surface area contributed by atoms with E-state index < -0.39 is 0 Å². The third kappa shape index (κ3) is 1.43. The summed E-state index contributed by atoms with van der Waals surface area (Å²) in [6.07, 6.45) is 0.580. The van der Waals surface area contributed by atoms with Crippen molar-refractivity contribution in [1.29, 1.82) is 0 Å². The number of halogens is 1. The van der Waals surface area contributed by atoms with Crippen LogP contribution >= 0.6 is 11.6 Å². The molecule has 1 aromatic rings. The van der Waals surface area contributed by atoms with Crippen LogP contribution < -0.4 is 0 Å². The van der Waals surface area contributed by atoms with Crippen LogP contribution in [-0.2, 0) is 0 Å². The van der Waals surface area contributed by atoms with Crippen LogP contribution in [0.1, 0.15) is 10.4 Å². The van der Waals surface area contributed by atoms with Gasteiger partial charge in [-0.1, -0.05) is 23.7 Å². The summed E-state index contributed by atoms with van der Waals surface area (Å²) in [5.74, 6) is 0. The molecule has 0 aromatic heterocycles. The van der Waals surface area contributed by atoms with Crippen molar-refractivity contribution in [2.24, 2.45) is 5.18 Å². The first-order valence-corrected chi connectivity index (χ1v) is 3.24. The summed E-state index contributed by atoms with van der Waals surface area (Å²) < 4.78 is 0. The first-order valence-electron chi connectivity index (χ1n) is 2.86. The Morgan fingerprint density at radius 1 is 1.45 bits per heavy atom. The molecule has 0 aliphatic heterocycles. The van der Waals surface area contributed by atoms with E-state index in [1.807, 2.05) is 0 Å². The number of hydrogen-bond donors (Lipinski definition) is 0. The van der Waals surface area contributed by atoms with E-state index in [1.165, 1.54) is 12.1 Å². The van der Waals surface area contributed by atoms with Crippen molar-refractivity contribution in [2.45, 2.75) is 0 Å². The van der Waals surface area contributed by atoms with Crippen LogP contribution in [0.3, 0.4) is 0 Å². The maximum atomic E-state index is 10.3. The summed E-state index contributed by atoms with van der Waals surface area (Å²) in [6, 6.07) is 4.51. The summed E-state index contributed by atoms with van der Waals surface area (Å²) in [4.78, 5) is 20.3. The fraction of sp³-hybridized carbons (Fsp3) is 0. The van der Waals surface area contributed by atoms with Gasteiger partial charge in [0.05, 0.1) is 5.02 Å². The summed E-state index contributed by atoms with van der Waals surface area (Å²) in [7, 11) is 0. The molecule has 1 aromatic carbocycles. The third-order valence-electron chi connectivity index (χ3n) is 1.23. The molecule has 0 spiro atoms. The molecule has 4 heteroatoms. The SMILES string of the molecule is O=Cc1cccc(N=O)c1Cl. The molecule has 56 valence electrons. The molecule has 0 fully saturated rings. The molecule has 3 nitrogen and oxygen atoms in total. The summed E-state index contributed by atoms with van der Waals surface area (Å²) in [5.41, 5.74) is 0.375. The lowest BCUT2D eigenvalue weighted by Crippen LogP contribution is -1.80. The highest BCUT2D eigenvalue weighted by Crippen LogP contribution is 2.26. The monoisotopic (exact) mass is 169 g/mol. The van der Waals surface area contributed by atoms with E-state index in [4.69, 9.17) is 11.6 Å². The lowest BCUT2D eigenvalue weighted by Gasteiger charge is -1.95. The zero-order chi connectivity index (χ0) is 8.27. The molecule has 0 unspecified atom stereocenters. The van der Waals surface area contributed by atoms with Gasteiger partial charge in [0.15, 0.2) is 6.29 Å². The van der Waals surface area contributed by atoms with Crippen molar-refractivity contribution in [1.82, 2.24) is 0 Å². The van der Waals surface area contributed by atoms with Crippen LogP contribution in [0, 0.1) is 4.91 Å². The van der Waals surface area contributed by atoms with Gasteiger partial charge >= 0.3 is 0 Å². The Bertz CT molecular complexity index is 272. The molecule has 0 saturated heterocycles. The van der Waals surface area contributed by atoms with E-state index in [0.29, 0.717) is 6.29 Å². The van der Waals surface area contributed by atoms with Crippen molar-refractivity contribution >= 4 is 23.6 Å². The fourth-order valence-electron chi connectivity index (χ4n) is 0.699. The second-order valence-electron chi connectivity index (χ2n) is 1.89. The van der Waals surface area contributed by atoms with Gasteiger partial charge in [0, 0.05) is 5.56 Å². The molecule has 0 aliphatic carbocycles. The molecule has 1 rings (SSSR count). The molecular weight excluding hydrogens is 166 g/mol. The largest absolute Gasteiger partial charge is 0.298 e. The van der Waals surface area contributed by atoms with Gasteiger partial charge in [-0.15, -0.1) is 4.91 Å². The van der Waals surface area contributed by atoms with E-state index in [-0.39, 0.29) is 16.3 Å². The van der Waals surface area contributed by atoms with Crippen molar-refractivity contribution in [3.8, 4) is 0 Å². The van der Waals surface area contributed by atoms with Crippen LogP contribution in [0.5, 0.6) is 0 Å². The van der Waals surface area contributed by atoms with E-state index in [2.05, 4.69) is 5.18 Å². The Morgan fingerprint density at radius 2 is 2.18 bits per heavy atom.